The third-order valence-electron chi connectivity index (χ3n) is 3.91. The number of allylic oxidation sites excluding steroid dienone is 2. The van der Waals surface area contributed by atoms with Crippen LogP contribution in [0.1, 0.15) is 24.0 Å². The van der Waals surface area contributed by atoms with Gasteiger partial charge in [0.1, 0.15) is 0 Å². The molecule has 2 rings (SSSR count). The van der Waals surface area contributed by atoms with Gasteiger partial charge in [-0.05, 0) is 24.6 Å². The Morgan fingerprint density at radius 1 is 1.20 bits per heavy atom. The molecule has 0 saturated heterocycles. The molecule has 1 N–H and O–H groups in total. The van der Waals surface area contributed by atoms with E-state index in [1.54, 1.807) is 31.2 Å². The zero-order valence-corrected chi connectivity index (χ0v) is 14.1. The van der Waals surface area contributed by atoms with E-state index in [4.69, 9.17) is 15.9 Å². The number of carbonyl (C=O) groups excluding carboxylic acids is 3. The van der Waals surface area contributed by atoms with Crippen LogP contribution in [0.5, 0.6) is 0 Å². The van der Waals surface area contributed by atoms with Crippen LogP contribution in [0.15, 0.2) is 46.8 Å². The van der Waals surface area contributed by atoms with Crippen molar-refractivity contribution in [2.45, 2.75) is 12.8 Å². The SMILES string of the molecule is C#Cc1cccc(C2C(C(=O)OC)=C(C)NC(C=O)=C2C(=O)OC)c1. The van der Waals surface area contributed by atoms with Crippen molar-refractivity contribution in [1.82, 2.24) is 5.32 Å². The first-order valence-electron chi connectivity index (χ1n) is 7.38. The minimum atomic E-state index is -0.838. The number of carbonyl (C=O) groups is 3. The molecule has 0 radical (unpaired) electrons. The highest BCUT2D eigenvalue weighted by Gasteiger charge is 2.38. The Kier molecular flexibility index (Phi) is 5.40. The predicted octanol–water partition coefficient (Wildman–Crippen LogP) is 1.43. The standard InChI is InChI=1S/C19H17NO5/c1-5-12-7-6-8-13(9-12)16-15(18(22)24-3)11(2)20-14(10-21)17(16)19(23)25-4/h1,6-10,16,20H,2-4H3. The fourth-order valence-electron chi connectivity index (χ4n) is 2.81. The third-order valence-corrected chi connectivity index (χ3v) is 3.91. The van der Waals surface area contributed by atoms with E-state index in [-0.39, 0.29) is 16.8 Å². The fourth-order valence-corrected chi connectivity index (χ4v) is 2.81. The van der Waals surface area contributed by atoms with Gasteiger partial charge >= 0.3 is 11.9 Å². The average molecular weight is 339 g/mol. The molecule has 128 valence electrons. The molecule has 25 heavy (non-hydrogen) atoms. The molecule has 6 nitrogen and oxygen atoms in total. The Labute approximate surface area is 145 Å². The number of hydrogen-bond acceptors (Lipinski definition) is 6. The van der Waals surface area contributed by atoms with Gasteiger partial charge in [0.2, 0.25) is 0 Å². The van der Waals surface area contributed by atoms with Crippen LogP contribution in [0, 0.1) is 12.3 Å². The summed E-state index contributed by atoms with van der Waals surface area (Å²) in [6.45, 7) is 1.63. The Morgan fingerprint density at radius 2 is 1.84 bits per heavy atom. The van der Waals surface area contributed by atoms with Crippen LogP contribution in [-0.4, -0.2) is 32.4 Å². The van der Waals surface area contributed by atoms with Crippen molar-refractivity contribution < 1.29 is 23.9 Å². The second kappa shape index (κ2) is 7.49. The number of benzene rings is 1. The first-order valence-corrected chi connectivity index (χ1v) is 7.38. The molecule has 0 amide bonds. The van der Waals surface area contributed by atoms with Crippen molar-refractivity contribution in [3.05, 3.63) is 57.9 Å². The highest BCUT2D eigenvalue weighted by atomic mass is 16.5. The molecule has 1 atom stereocenters. The van der Waals surface area contributed by atoms with E-state index in [1.165, 1.54) is 14.2 Å². The normalized spacial score (nSPS) is 16.6. The second-order valence-electron chi connectivity index (χ2n) is 5.29. The number of terminal acetylenes is 1. The minimum absolute atomic E-state index is 0.0256. The number of ether oxygens (including phenoxy) is 2. The van der Waals surface area contributed by atoms with Gasteiger partial charge < -0.3 is 14.8 Å². The van der Waals surface area contributed by atoms with Gasteiger partial charge in [0, 0.05) is 11.3 Å². The van der Waals surface area contributed by atoms with Gasteiger partial charge in [0.05, 0.1) is 37.0 Å². The molecule has 1 aromatic carbocycles. The Balaban J connectivity index is 2.78. The lowest BCUT2D eigenvalue weighted by molar-refractivity contribution is -0.137. The van der Waals surface area contributed by atoms with Crippen LogP contribution in [0.4, 0.5) is 0 Å². The lowest BCUT2D eigenvalue weighted by Crippen LogP contribution is -2.33. The molecule has 0 fully saturated rings. The number of hydrogen-bond donors (Lipinski definition) is 1. The van der Waals surface area contributed by atoms with E-state index in [0.717, 1.165) is 0 Å². The maximum absolute atomic E-state index is 12.3. The topological polar surface area (TPSA) is 81.7 Å². The van der Waals surface area contributed by atoms with Crippen molar-refractivity contribution >= 4 is 18.2 Å². The molecule has 0 spiro atoms. The van der Waals surface area contributed by atoms with E-state index in [0.29, 0.717) is 23.1 Å². The van der Waals surface area contributed by atoms with Crippen LogP contribution in [0.25, 0.3) is 0 Å². The van der Waals surface area contributed by atoms with Gasteiger partial charge in [-0.15, -0.1) is 6.42 Å². The first-order chi connectivity index (χ1) is 12.0. The van der Waals surface area contributed by atoms with Crippen molar-refractivity contribution in [3.63, 3.8) is 0 Å². The highest BCUT2D eigenvalue weighted by molar-refractivity contribution is 6.03. The van der Waals surface area contributed by atoms with Gasteiger partial charge in [0.25, 0.3) is 0 Å². The summed E-state index contributed by atoms with van der Waals surface area (Å²) in [5, 5.41) is 2.77. The lowest BCUT2D eigenvalue weighted by atomic mass is 9.80. The zero-order valence-electron chi connectivity index (χ0n) is 14.1. The largest absolute Gasteiger partial charge is 0.466 e. The zero-order chi connectivity index (χ0) is 18.6. The molecule has 1 unspecified atom stereocenters. The monoisotopic (exact) mass is 339 g/mol. The quantitative estimate of drug-likeness (QED) is 0.508. The molecule has 0 saturated carbocycles. The molecule has 0 aromatic heterocycles. The summed E-state index contributed by atoms with van der Waals surface area (Å²) in [5.74, 6) is 0.330. The van der Waals surface area contributed by atoms with Crippen LogP contribution in [0.3, 0.4) is 0 Å². The number of dihydropyridines is 1. The molecule has 6 heteroatoms. The van der Waals surface area contributed by atoms with Crippen LogP contribution >= 0.6 is 0 Å². The number of nitrogens with one attached hydrogen (secondary N) is 1. The van der Waals surface area contributed by atoms with Crippen LogP contribution in [0.2, 0.25) is 0 Å². The summed E-state index contributed by atoms with van der Waals surface area (Å²) in [6.07, 6.45) is 5.96. The number of esters is 2. The van der Waals surface area contributed by atoms with Crippen LogP contribution in [-0.2, 0) is 23.9 Å². The maximum Gasteiger partial charge on any atom is 0.336 e. The second-order valence-corrected chi connectivity index (χ2v) is 5.29. The van der Waals surface area contributed by atoms with Gasteiger partial charge in [-0.2, -0.15) is 0 Å². The van der Waals surface area contributed by atoms with E-state index in [1.807, 2.05) is 0 Å². The lowest BCUT2D eigenvalue weighted by Gasteiger charge is -2.29. The van der Waals surface area contributed by atoms with Crippen molar-refractivity contribution in [3.8, 4) is 12.3 Å². The summed E-state index contributed by atoms with van der Waals surface area (Å²) >= 11 is 0. The van der Waals surface area contributed by atoms with Gasteiger partial charge in [-0.3, -0.25) is 4.79 Å². The Bertz CT molecular complexity index is 842. The summed E-state index contributed by atoms with van der Waals surface area (Å²) in [4.78, 5) is 36.2. The van der Waals surface area contributed by atoms with Crippen molar-refractivity contribution in [1.29, 1.82) is 0 Å². The average Bonchev–Trinajstić information content (AvgIpc) is 2.65. The van der Waals surface area contributed by atoms with Gasteiger partial charge in [-0.25, -0.2) is 9.59 Å². The smallest absolute Gasteiger partial charge is 0.336 e. The summed E-state index contributed by atoms with van der Waals surface area (Å²) in [5.41, 5.74) is 1.84. The summed E-state index contributed by atoms with van der Waals surface area (Å²) in [6, 6.07) is 6.84. The fraction of sp³-hybridized carbons (Fsp3) is 0.211. The molecule has 1 aliphatic heterocycles. The Hall–Kier alpha value is -3.33. The predicted molar refractivity (Wildman–Crippen MR) is 90.1 cm³/mol. The number of methoxy groups -OCH3 is 2. The molecule has 0 bridgehead atoms. The molecule has 1 aromatic rings. The summed E-state index contributed by atoms with van der Waals surface area (Å²) in [7, 11) is 2.45. The van der Waals surface area contributed by atoms with Crippen LogP contribution < -0.4 is 5.32 Å². The number of rotatable bonds is 4. The van der Waals surface area contributed by atoms with Crippen molar-refractivity contribution in [2.75, 3.05) is 14.2 Å². The molecular weight excluding hydrogens is 322 g/mol. The molecule has 1 heterocycles. The van der Waals surface area contributed by atoms with Gasteiger partial charge in [0.15, 0.2) is 6.29 Å². The van der Waals surface area contributed by atoms with E-state index >= 15 is 0 Å². The number of aldehydes is 1. The Morgan fingerprint density at radius 3 is 2.40 bits per heavy atom. The minimum Gasteiger partial charge on any atom is -0.466 e. The maximum atomic E-state index is 12.3. The van der Waals surface area contributed by atoms with E-state index in [2.05, 4.69) is 11.2 Å². The van der Waals surface area contributed by atoms with Gasteiger partial charge in [-0.1, -0.05) is 18.1 Å². The highest BCUT2D eigenvalue weighted by Crippen LogP contribution is 2.39. The molecule has 1 aliphatic rings. The molecular formula is C19H17NO5. The first kappa shape index (κ1) is 18.0. The molecule has 0 aliphatic carbocycles. The summed E-state index contributed by atoms with van der Waals surface area (Å²) < 4.78 is 9.68. The van der Waals surface area contributed by atoms with E-state index in [9.17, 15) is 14.4 Å². The third kappa shape index (κ3) is 3.31. The van der Waals surface area contributed by atoms with E-state index < -0.39 is 17.9 Å². The van der Waals surface area contributed by atoms with Crippen molar-refractivity contribution in [2.24, 2.45) is 0 Å².